The van der Waals surface area contributed by atoms with Crippen LogP contribution in [0.5, 0.6) is 0 Å². The van der Waals surface area contributed by atoms with E-state index in [2.05, 4.69) is 23.6 Å². The van der Waals surface area contributed by atoms with Crippen LogP contribution in [0.3, 0.4) is 0 Å². The van der Waals surface area contributed by atoms with Crippen LogP contribution in [0, 0.1) is 0 Å². The van der Waals surface area contributed by atoms with E-state index in [9.17, 15) is 4.79 Å². The number of hydrazone groups is 1. The number of hydrogen-bond acceptors (Lipinski definition) is 5. The Balaban J connectivity index is 2.08. The summed E-state index contributed by atoms with van der Waals surface area (Å²) in [4.78, 5) is 21.4. The summed E-state index contributed by atoms with van der Waals surface area (Å²) in [5.74, 6) is 1.52. The second-order valence-corrected chi connectivity index (χ2v) is 5.78. The average Bonchev–Trinajstić information content (AvgIpc) is 2.85. The number of nitrogens with zero attached hydrogens (tertiary/aromatic N) is 6. The first-order valence-corrected chi connectivity index (χ1v) is 7.60. The summed E-state index contributed by atoms with van der Waals surface area (Å²) < 4.78 is 1.97. The molecule has 3 heterocycles. The minimum absolute atomic E-state index is 0.0574. The number of amides is 1. The maximum atomic E-state index is 12.8. The third-order valence-electron chi connectivity index (χ3n) is 3.87. The Morgan fingerprint density at radius 3 is 2.86 bits per heavy atom. The molecule has 0 fully saturated rings. The van der Waals surface area contributed by atoms with E-state index in [1.165, 1.54) is 0 Å². The van der Waals surface area contributed by atoms with Gasteiger partial charge >= 0.3 is 0 Å². The second-order valence-electron chi connectivity index (χ2n) is 5.78. The zero-order chi connectivity index (χ0) is 15.9. The summed E-state index contributed by atoms with van der Waals surface area (Å²) in [7, 11) is 1.97. The van der Waals surface area contributed by atoms with Gasteiger partial charge in [0.05, 0.1) is 25.5 Å². The van der Waals surface area contributed by atoms with Crippen LogP contribution in [0.25, 0.3) is 0 Å². The number of imidazole rings is 1. The van der Waals surface area contributed by atoms with Crippen molar-refractivity contribution in [2.75, 3.05) is 36.7 Å². The third-order valence-corrected chi connectivity index (χ3v) is 3.87. The molecule has 0 radical (unpaired) electrons. The molecular formula is C15H22N6O. The van der Waals surface area contributed by atoms with Gasteiger partial charge < -0.3 is 9.80 Å². The van der Waals surface area contributed by atoms with Gasteiger partial charge in [0.25, 0.3) is 5.91 Å². The number of anilines is 2. The molecule has 0 unspecified atom stereocenters. The first-order chi connectivity index (χ1) is 10.6. The molecule has 1 aromatic rings. The van der Waals surface area contributed by atoms with Crippen LogP contribution in [-0.2, 0) is 6.54 Å². The summed E-state index contributed by atoms with van der Waals surface area (Å²) in [5, 5.41) is 6.32. The Labute approximate surface area is 130 Å². The van der Waals surface area contributed by atoms with Gasteiger partial charge in [-0.3, -0.25) is 9.36 Å². The molecule has 22 heavy (non-hydrogen) atoms. The van der Waals surface area contributed by atoms with E-state index < -0.39 is 0 Å². The highest BCUT2D eigenvalue weighted by molar-refractivity contribution is 6.01. The van der Waals surface area contributed by atoms with Crippen LogP contribution in [0.2, 0.25) is 0 Å². The number of fused-ring (bicyclic) bond motifs is 3. The van der Waals surface area contributed by atoms with E-state index in [-0.39, 0.29) is 5.91 Å². The molecule has 2 aliphatic rings. The van der Waals surface area contributed by atoms with Gasteiger partial charge in [-0.15, -0.1) is 6.58 Å². The lowest BCUT2D eigenvalue weighted by Crippen LogP contribution is -2.46. The zero-order valence-corrected chi connectivity index (χ0v) is 13.4. The van der Waals surface area contributed by atoms with Crippen molar-refractivity contribution in [3.63, 3.8) is 0 Å². The number of carbonyl (C=O) groups excluding carboxylic acids is 1. The molecular weight excluding hydrogens is 280 g/mol. The Hall–Kier alpha value is -2.31. The van der Waals surface area contributed by atoms with Crippen molar-refractivity contribution >= 4 is 23.4 Å². The van der Waals surface area contributed by atoms with E-state index in [1.54, 1.807) is 11.1 Å². The van der Waals surface area contributed by atoms with Gasteiger partial charge in [0.2, 0.25) is 5.95 Å². The molecule has 1 amide bonds. The summed E-state index contributed by atoms with van der Waals surface area (Å²) in [6.07, 6.45) is 2.73. The number of hydrogen-bond donors (Lipinski definition) is 0. The molecule has 118 valence electrons. The average molecular weight is 302 g/mol. The first-order valence-electron chi connectivity index (χ1n) is 7.60. The fourth-order valence-electron chi connectivity index (χ4n) is 2.99. The monoisotopic (exact) mass is 302 g/mol. The fraction of sp³-hybridized carbons (Fsp3) is 0.533. The van der Waals surface area contributed by atoms with Crippen molar-refractivity contribution in [3.8, 4) is 0 Å². The molecule has 1 aromatic heterocycles. The molecule has 2 aliphatic heterocycles. The largest absolute Gasteiger partial charge is 0.340 e. The van der Waals surface area contributed by atoms with Crippen molar-refractivity contribution in [3.05, 3.63) is 18.3 Å². The molecule has 0 atom stereocenters. The van der Waals surface area contributed by atoms with Crippen molar-refractivity contribution in [2.24, 2.45) is 5.10 Å². The minimum Gasteiger partial charge on any atom is -0.340 e. The topological polar surface area (TPSA) is 57.0 Å². The van der Waals surface area contributed by atoms with Gasteiger partial charge in [0.1, 0.15) is 0 Å². The second kappa shape index (κ2) is 5.47. The normalized spacial score (nSPS) is 17.3. The molecule has 0 aliphatic carbocycles. The Morgan fingerprint density at radius 1 is 1.41 bits per heavy atom. The molecule has 7 heteroatoms. The third kappa shape index (κ3) is 2.17. The highest BCUT2D eigenvalue weighted by Gasteiger charge is 2.36. The molecule has 3 rings (SSSR count). The lowest BCUT2D eigenvalue weighted by atomic mass is 10.2. The predicted molar refractivity (Wildman–Crippen MR) is 87.5 cm³/mol. The number of aromatic nitrogens is 2. The van der Waals surface area contributed by atoms with Crippen LogP contribution < -0.4 is 9.91 Å². The molecule has 0 saturated carbocycles. The Kier molecular flexibility index (Phi) is 3.64. The molecule has 0 aromatic carbocycles. The van der Waals surface area contributed by atoms with Gasteiger partial charge in [-0.25, -0.2) is 5.01 Å². The molecule has 0 bridgehead atoms. The molecule has 0 N–H and O–H groups in total. The van der Waals surface area contributed by atoms with Gasteiger partial charge in [0.15, 0.2) is 11.5 Å². The molecule has 7 nitrogen and oxygen atoms in total. The number of carbonyl (C=O) groups is 1. The van der Waals surface area contributed by atoms with Crippen LogP contribution in [0.4, 0.5) is 11.8 Å². The fourth-order valence-corrected chi connectivity index (χ4v) is 2.99. The van der Waals surface area contributed by atoms with Crippen molar-refractivity contribution in [1.82, 2.24) is 14.5 Å². The minimum atomic E-state index is 0.0574. The van der Waals surface area contributed by atoms with Gasteiger partial charge in [0, 0.05) is 13.6 Å². The lowest BCUT2D eigenvalue weighted by molar-refractivity contribution is 0.0733. The standard InChI is InChI=1S/C15H22N6O/c1-5-7-19-10-18(4)13-12(14(19)22)20-9-11(3)17-21(8-6-2)15(20)16-13/h6H,2,5,7-10H2,1,3-4H3. The van der Waals surface area contributed by atoms with Crippen molar-refractivity contribution in [2.45, 2.75) is 26.8 Å². The smallest absolute Gasteiger partial charge is 0.275 e. The zero-order valence-electron chi connectivity index (χ0n) is 13.4. The number of rotatable bonds is 4. The quantitative estimate of drug-likeness (QED) is 0.791. The molecule has 0 saturated heterocycles. The van der Waals surface area contributed by atoms with E-state index in [1.807, 2.05) is 28.3 Å². The summed E-state index contributed by atoms with van der Waals surface area (Å²) in [6.45, 7) is 10.3. The first kappa shape index (κ1) is 14.6. The molecule has 0 spiro atoms. The van der Waals surface area contributed by atoms with Crippen LogP contribution in [-0.4, -0.2) is 52.9 Å². The SMILES string of the molecule is C=CCN1N=C(C)Cn2c1nc1c2C(=O)N(CCC)CN1C. The Bertz CT molecular complexity index is 647. The highest BCUT2D eigenvalue weighted by Crippen LogP contribution is 2.32. The summed E-state index contributed by atoms with van der Waals surface area (Å²) in [6, 6.07) is 0. The van der Waals surface area contributed by atoms with E-state index >= 15 is 0 Å². The maximum absolute atomic E-state index is 12.8. The van der Waals surface area contributed by atoms with Crippen LogP contribution >= 0.6 is 0 Å². The Morgan fingerprint density at radius 2 is 2.18 bits per heavy atom. The van der Waals surface area contributed by atoms with Gasteiger partial charge in [-0.1, -0.05) is 13.0 Å². The van der Waals surface area contributed by atoms with Gasteiger partial charge in [-0.2, -0.15) is 10.1 Å². The summed E-state index contributed by atoms with van der Waals surface area (Å²) >= 11 is 0. The van der Waals surface area contributed by atoms with Gasteiger partial charge in [-0.05, 0) is 13.3 Å². The van der Waals surface area contributed by atoms with Crippen LogP contribution in [0.1, 0.15) is 30.8 Å². The van der Waals surface area contributed by atoms with E-state index in [0.717, 1.165) is 24.5 Å². The summed E-state index contributed by atoms with van der Waals surface area (Å²) in [5.41, 5.74) is 1.62. The van der Waals surface area contributed by atoms with Crippen molar-refractivity contribution in [1.29, 1.82) is 0 Å². The lowest BCUT2D eigenvalue weighted by Gasteiger charge is -2.33. The van der Waals surface area contributed by atoms with Crippen molar-refractivity contribution < 1.29 is 4.79 Å². The highest BCUT2D eigenvalue weighted by atomic mass is 16.2. The maximum Gasteiger partial charge on any atom is 0.275 e. The van der Waals surface area contributed by atoms with Crippen LogP contribution in [0.15, 0.2) is 17.8 Å². The predicted octanol–water partition coefficient (Wildman–Crippen LogP) is 1.52. The van der Waals surface area contributed by atoms with E-state index in [0.29, 0.717) is 31.4 Å². The van der Waals surface area contributed by atoms with E-state index in [4.69, 9.17) is 0 Å².